The fraction of sp³-hybridized carbons (Fsp3) is 0.0333. The van der Waals surface area contributed by atoms with Crippen molar-refractivity contribution in [2.45, 2.75) is 10.8 Å². The molecule has 63 heavy (non-hydrogen) atoms. The molecule has 2 heterocycles. The molecule has 3 aliphatic carbocycles. The summed E-state index contributed by atoms with van der Waals surface area (Å²) in [6.07, 6.45) is 0. The van der Waals surface area contributed by atoms with E-state index in [4.69, 9.17) is 9.97 Å². The van der Waals surface area contributed by atoms with Gasteiger partial charge in [0.05, 0.1) is 22.2 Å². The molecule has 14 rings (SSSR count). The van der Waals surface area contributed by atoms with Crippen LogP contribution in [-0.4, -0.2) is 9.97 Å². The molecule has 3 aliphatic rings. The summed E-state index contributed by atoms with van der Waals surface area (Å²) in [6.45, 7) is 0. The highest BCUT2D eigenvalue weighted by Crippen LogP contribution is 2.69. The van der Waals surface area contributed by atoms with E-state index in [2.05, 4.69) is 218 Å². The minimum absolute atomic E-state index is 0.538. The Balaban J connectivity index is 1.18. The summed E-state index contributed by atoms with van der Waals surface area (Å²) in [4.78, 5) is 10.8. The molecule has 2 spiro atoms. The van der Waals surface area contributed by atoms with Crippen molar-refractivity contribution >= 4 is 31.5 Å². The molecule has 9 aromatic carbocycles. The van der Waals surface area contributed by atoms with Crippen molar-refractivity contribution in [2.24, 2.45) is 0 Å². The Hall–Kier alpha value is -7.72. The molecule has 0 aliphatic heterocycles. The van der Waals surface area contributed by atoms with Crippen molar-refractivity contribution in [1.29, 1.82) is 0 Å². The lowest BCUT2D eigenvalue weighted by Gasteiger charge is -2.49. The van der Waals surface area contributed by atoms with E-state index in [1.54, 1.807) is 0 Å². The van der Waals surface area contributed by atoms with Crippen molar-refractivity contribution in [2.75, 3.05) is 0 Å². The number of thiophene rings is 1. The monoisotopic (exact) mass is 816 g/mol. The van der Waals surface area contributed by atoms with E-state index < -0.39 is 10.8 Å². The van der Waals surface area contributed by atoms with Crippen molar-refractivity contribution in [1.82, 2.24) is 9.97 Å². The third kappa shape index (κ3) is 4.47. The van der Waals surface area contributed by atoms with Gasteiger partial charge in [0, 0.05) is 36.9 Å². The number of fused-ring (bicyclic) bond motifs is 20. The highest BCUT2D eigenvalue weighted by atomic mass is 32.1. The van der Waals surface area contributed by atoms with Gasteiger partial charge >= 0.3 is 0 Å². The molecule has 0 radical (unpaired) electrons. The first-order valence-electron chi connectivity index (χ1n) is 21.7. The molecule has 0 fully saturated rings. The highest BCUT2D eigenvalue weighted by Gasteiger charge is 2.60. The molecule has 0 atom stereocenters. The van der Waals surface area contributed by atoms with Crippen molar-refractivity contribution in [3.63, 3.8) is 0 Å². The fourth-order valence-electron chi connectivity index (χ4n) is 11.9. The van der Waals surface area contributed by atoms with Crippen LogP contribution in [-0.2, 0) is 10.8 Å². The molecule has 2 nitrogen and oxygen atoms in total. The Morgan fingerprint density at radius 3 is 1.48 bits per heavy atom. The molecule has 0 N–H and O–H groups in total. The Bertz CT molecular complexity index is 3540. The van der Waals surface area contributed by atoms with Gasteiger partial charge < -0.3 is 0 Å². The third-order valence-electron chi connectivity index (χ3n) is 14.2. The van der Waals surface area contributed by atoms with Gasteiger partial charge in [0.25, 0.3) is 0 Å². The number of hydrogen-bond acceptors (Lipinski definition) is 3. The second kappa shape index (κ2) is 12.9. The van der Waals surface area contributed by atoms with Gasteiger partial charge in [-0.2, -0.15) is 0 Å². The Morgan fingerprint density at radius 2 is 0.810 bits per heavy atom. The topological polar surface area (TPSA) is 25.8 Å². The van der Waals surface area contributed by atoms with Crippen LogP contribution in [0.25, 0.3) is 76.3 Å². The fourth-order valence-corrected chi connectivity index (χ4v) is 13.0. The van der Waals surface area contributed by atoms with E-state index in [1.807, 2.05) is 11.3 Å². The van der Waals surface area contributed by atoms with Gasteiger partial charge in [0.15, 0.2) is 5.82 Å². The van der Waals surface area contributed by atoms with Crippen LogP contribution in [0, 0.1) is 0 Å². The van der Waals surface area contributed by atoms with Gasteiger partial charge in [0.2, 0.25) is 0 Å². The Labute approximate surface area is 369 Å². The van der Waals surface area contributed by atoms with Gasteiger partial charge in [-0.1, -0.05) is 200 Å². The maximum absolute atomic E-state index is 5.55. The van der Waals surface area contributed by atoms with Crippen LogP contribution in [0.4, 0.5) is 0 Å². The van der Waals surface area contributed by atoms with E-state index in [9.17, 15) is 0 Å². The minimum Gasteiger partial charge on any atom is -0.228 e. The molecule has 2 aromatic heterocycles. The zero-order valence-corrected chi connectivity index (χ0v) is 34.9. The first kappa shape index (κ1) is 34.9. The zero-order valence-electron chi connectivity index (χ0n) is 34.1. The van der Waals surface area contributed by atoms with Gasteiger partial charge in [-0.05, 0) is 85.0 Å². The second-order valence-electron chi connectivity index (χ2n) is 17.1. The molecule has 3 heteroatoms. The lowest BCUT2D eigenvalue weighted by atomic mass is 9.51. The average molecular weight is 817 g/mol. The standard InChI is InChI=1S/C60H36N2S/c1-3-18-37(19-4-1)51-36-52(62-58(61-51)38-20-5-2-6-21-38)43-26-17-25-41-42-34-35-54-55(44-24-9-16-33-53(44)63-54)57(42)60(56(41)43)49-31-14-12-29-47(49)59(48-30-13-15-32-50(48)60)45-27-10-7-22-39(45)40-23-8-11-28-46(40)59/h1-36H. The van der Waals surface area contributed by atoms with Crippen molar-refractivity contribution in [3.05, 3.63) is 263 Å². The van der Waals surface area contributed by atoms with Crippen LogP contribution in [0.1, 0.15) is 44.5 Å². The quantitative estimate of drug-likeness (QED) is 0.177. The summed E-state index contributed by atoms with van der Waals surface area (Å²) in [5, 5.41) is 2.63. The number of rotatable bonds is 3. The van der Waals surface area contributed by atoms with Gasteiger partial charge in [-0.25, -0.2) is 9.97 Å². The molecular formula is C60H36N2S. The maximum atomic E-state index is 5.55. The number of hydrogen-bond donors (Lipinski definition) is 0. The summed E-state index contributed by atoms with van der Waals surface area (Å²) in [5.41, 5.74) is 19.4. The van der Waals surface area contributed by atoms with E-state index in [0.717, 1.165) is 28.1 Å². The molecule has 0 saturated heterocycles. The molecule has 0 bridgehead atoms. The lowest BCUT2D eigenvalue weighted by molar-refractivity contribution is 0.636. The molecule has 292 valence electrons. The predicted molar refractivity (Wildman–Crippen MR) is 259 cm³/mol. The van der Waals surface area contributed by atoms with E-state index >= 15 is 0 Å². The molecule has 0 unspecified atom stereocenters. The van der Waals surface area contributed by atoms with Crippen LogP contribution in [0.3, 0.4) is 0 Å². The zero-order chi connectivity index (χ0) is 41.3. The summed E-state index contributed by atoms with van der Waals surface area (Å²) in [6, 6.07) is 80.9. The van der Waals surface area contributed by atoms with Crippen molar-refractivity contribution in [3.8, 4) is 56.2 Å². The molecule has 0 saturated carbocycles. The van der Waals surface area contributed by atoms with Gasteiger partial charge in [-0.3, -0.25) is 0 Å². The molecular weight excluding hydrogens is 781 g/mol. The number of aromatic nitrogens is 2. The lowest BCUT2D eigenvalue weighted by Crippen LogP contribution is -2.44. The van der Waals surface area contributed by atoms with Crippen LogP contribution >= 0.6 is 11.3 Å². The van der Waals surface area contributed by atoms with Crippen molar-refractivity contribution < 1.29 is 0 Å². The Morgan fingerprint density at radius 1 is 0.317 bits per heavy atom. The number of nitrogens with zero attached hydrogens (tertiary/aromatic N) is 2. The van der Waals surface area contributed by atoms with E-state index in [-0.39, 0.29) is 0 Å². The van der Waals surface area contributed by atoms with Gasteiger partial charge in [-0.15, -0.1) is 11.3 Å². The first-order chi connectivity index (χ1) is 31.3. The minimum atomic E-state index is -0.722. The summed E-state index contributed by atoms with van der Waals surface area (Å²) in [5.74, 6) is 0.711. The van der Waals surface area contributed by atoms with Crippen LogP contribution in [0.5, 0.6) is 0 Å². The number of benzene rings is 9. The molecule has 0 amide bonds. The summed E-state index contributed by atoms with van der Waals surface area (Å²) in [7, 11) is 0. The van der Waals surface area contributed by atoms with Crippen LogP contribution in [0.2, 0.25) is 0 Å². The first-order valence-corrected chi connectivity index (χ1v) is 22.6. The summed E-state index contributed by atoms with van der Waals surface area (Å²) < 4.78 is 2.60. The largest absolute Gasteiger partial charge is 0.228 e. The SMILES string of the molecule is c1ccc(-c2cc(-c3cccc4c3C3(c5ccccc5C5(c6ccccc6-c6ccccc65)c5ccccc53)c3c-4ccc4sc5ccccc5c34)nc(-c3ccccc3)n2)cc1. The predicted octanol–water partition coefficient (Wildman–Crippen LogP) is 14.9. The summed E-state index contributed by atoms with van der Waals surface area (Å²) >= 11 is 1.90. The normalized spacial score (nSPS) is 14.3. The third-order valence-corrected chi connectivity index (χ3v) is 15.3. The highest BCUT2D eigenvalue weighted by molar-refractivity contribution is 7.25. The van der Waals surface area contributed by atoms with Crippen LogP contribution in [0.15, 0.2) is 218 Å². The van der Waals surface area contributed by atoms with Gasteiger partial charge in [0.1, 0.15) is 0 Å². The second-order valence-corrected chi connectivity index (χ2v) is 18.1. The smallest absolute Gasteiger partial charge is 0.160 e. The molecule has 11 aromatic rings. The van der Waals surface area contributed by atoms with E-state index in [0.29, 0.717) is 5.82 Å². The average Bonchev–Trinajstić information content (AvgIpc) is 3.99. The Kier molecular flexibility index (Phi) is 7.15. The van der Waals surface area contributed by atoms with Crippen LogP contribution < -0.4 is 0 Å². The van der Waals surface area contributed by atoms with E-state index in [1.165, 1.54) is 86.9 Å². The maximum Gasteiger partial charge on any atom is 0.160 e.